The lowest BCUT2D eigenvalue weighted by atomic mass is 10.1. The molecule has 1 rings (SSSR count). The average Bonchev–Trinajstić information content (AvgIpc) is 2.42. The molecule has 20 heavy (non-hydrogen) atoms. The van der Waals surface area contributed by atoms with E-state index in [9.17, 15) is 14.9 Å². The van der Waals surface area contributed by atoms with Gasteiger partial charge in [0.2, 0.25) is 0 Å². The number of nitro groups is 1. The molecular weight excluding hydrogens is 286 g/mol. The van der Waals surface area contributed by atoms with Crippen LogP contribution >= 0.6 is 12.4 Å². The molecule has 0 unspecified atom stereocenters. The highest BCUT2D eigenvalue weighted by molar-refractivity contribution is 5.95. The summed E-state index contributed by atoms with van der Waals surface area (Å²) in [7, 11) is 1.35. The van der Waals surface area contributed by atoms with Crippen molar-refractivity contribution in [3.63, 3.8) is 0 Å². The highest BCUT2D eigenvalue weighted by Crippen LogP contribution is 2.27. The van der Waals surface area contributed by atoms with Crippen LogP contribution in [-0.2, 0) is 0 Å². The zero-order valence-electron chi connectivity index (χ0n) is 11.3. The molecule has 0 bridgehead atoms. The van der Waals surface area contributed by atoms with E-state index in [-0.39, 0.29) is 35.3 Å². The van der Waals surface area contributed by atoms with E-state index in [1.54, 1.807) is 0 Å². The minimum atomic E-state index is -0.575. The second-order valence-corrected chi connectivity index (χ2v) is 3.75. The standard InChI is InChI=1S/C12H17N3O4.ClH/c1-3-13-6-7-14-12(16)9-4-5-11(19-2)10(8-9)15(17)18;/h4-5,8,13H,3,6-7H2,1-2H3,(H,14,16);1H. The number of methoxy groups -OCH3 is 1. The molecule has 0 aliphatic heterocycles. The molecule has 0 radical (unpaired) electrons. The van der Waals surface area contributed by atoms with Gasteiger partial charge in [0, 0.05) is 24.7 Å². The van der Waals surface area contributed by atoms with E-state index in [1.807, 2.05) is 6.92 Å². The van der Waals surface area contributed by atoms with Crippen LogP contribution in [0.2, 0.25) is 0 Å². The molecule has 0 fully saturated rings. The molecule has 1 aromatic carbocycles. The third-order valence-electron chi connectivity index (χ3n) is 2.48. The molecule has 1 amide bonds. The Kier molecular flexibility index (Phi) is 8.26. The molecule has 0 aliphatic rings. The maximum Gasteiger partial charge on any atom is 0.311 e. The smallest absolute Gasteiger partial charge is 0.311 e. The van der Waals surface area contributed by atoms with Crippen molar-refractivity contribution in [2.45, 2.75) is 6.92 Å². The summed E-state index contributed by atoms with van der Waals surface area (Å²) in [6, 6.07) is 4.12. The van der Waals surface area contributed by atoms with E-state index < -0.39 is 4.92 Å². The van der Waals surface area contributed by atoms with Crippen molar-refractivity contribution in [2.75, 3.05) is 26.7 Å². The van der Waals surface area contributed by atoms with Crippen LogP contribution in [0.5, 0.6) is 5.75 Å². The van der Waals surface area contributed by atoms with Crippen molar-refractivity contribution >= 4 is 24.0 Å². The molecule has 0 spiro atoms. The maximum absolute atomic E-state index is 11.8. The molecule has 0 heterocycles. The molecule has 0 saturated heterocycles. The van der Waals surface area contributed by atoms with Gasteiger partial charge in [-0.15, -0.1) is 12.4 Å². The highest BCUT2D eigenvalue weighted by atomic mass is 35.5. The van der Waals surface area contributed by atoms with Crippen molar-refractivity contribution in [2.24, 2.45) is 0 Å². The van der Waals surface area contributed by atoms with Crippen LogP contribution in [0.3, 0.4) is 0 Å². The van der Waals surface area contributed by atoms with Crippen molar-refractivity contribution in [3.8, 4) is 5.75 Å². The number of rotatable bonds is 7. The molecule has 1 aromatic rings. The van der Waals surface area contributed by atoms with Gasteiger partial charge in [-0.25, -0.2) is 0 Å². The van der Waals surface area contributed by atoms with Crippen molar-refractivity contribution in [3.05, 3.63) is 33.9 Å². The summed E-state index contributed by atoms with van der Waals surface area (Å²) in [5.74, 6) is -0.210. The van der Waals surface area contributed by atoms with Crippen LogP contribution in [0.15, 0.2) is 18.2 Å². The predicted molar refractivity (Wildman–Crippen MR) is 77.8 cm³/mol. The second kappa shape index (κ2) is 9.11. The molecule has 8 heteroatoms. The fraction of sp³-hybridized carbons (Fsp3) is 0.417. The normalized spacial score (nSPS) is 9.50. The van der Waals surface area contributed by atoms with Crippen molar-refractivity contribution < 1.29 is 14.5 Å². The number of benzene rings is 1. The number of carbonyl (C=O) groups excluding carboxylic acids is 1. The SMILES string of the molecule is CCNCCNC(=O)c1ccc(OC)c([N+](=O)[O-])c1.Cl. The number of halogens is 1. The number of nitrogens with one attached hydrogen (secondary N) is 2. The average molecular weight is 304 g/mol. The third kappa shape index (κ3) is 5.02. The molecule has 7 nitrogen and oxygen atoms in total. The lowest BCUT2D eigenvalue weighted by Gasteiger charge is -2.07. The minimum Gasteiger partial charge on any atom is -0.490 e. The van der Waals surface area contributed by atoms with E-state index in [2.05, 4.69) is 10.6 Å². The lowest BCUT2D eigenvalue weighted by Crippen LogP contribution is -2.31. The van der Waals surface area contributed by atoms with Crippen molar-refractivity contribution in [1.29, 1.82) is 0 Å². The Balaban J connectivity index is 0.00000361. The molecule has 0 atom stereocenters. The Morgan fingerprint density at radius 1 is 1.40 bits per heavy atom. The van der Waals surface area contributed by atoms with Crippen LogP contribution in [0, 0.1) is 10.1 Å². The molecular formula is C12H18ClN3O4. The third-order valence-corrected chi connectivity index (χ3v) is 2.48. The van der Waals surface area contributed by atoms with Crippen LogP contribution < -0.4 is 15.4 Å². The second-order valence-electron chi connectivity index (χ2n) is 3.75. The number of ether oxygens (including phenoxy) is 1. The summed E-state index contributed by atoms with van der Waals surface area (Å²) in [6.07, 6.45) is 0. The van der Waals surface area contributed by atoms with E-state index in [0.717, 1.165) is 6.54 Å². The summed E-state index contributed by atoms with van der Waals surface area (Å²) in [5.41, 5.74) is 0.0193. The van der Waals surface area contributed by atoms with Crippen LogP contribution in [0.4, 0.5) is 5.69 Å². The summed E-state index contributed by atoms with van der Waals surface area (Å²) in [5, 5.41) is 16.6. The van der Waals surface area contributed by atoms with Crippen LogP contribution in [-0.4, -0.2) is 37.6 Å². The fourth-order valence-corrected chi connectivity index (χ4v) is 1.52. The first kappa shape index (κ1) is 18.1. The van der Waals surface area contributed by atoms with Gasteiger partial charge >= 0.3 is 5.69 Å². The highest BCUT2D eigenvalue weighted by Gasteiger charge is 2.17. The lowest BCUT2D eigenvalue weighted by molar-refractivity contribution is -0.385. The van der Waals surface area contributed by atoms with E-state index in [1.165, 1.54) is 25.3 Å². The monoisotopic (exact) mass is 303 g/mol. The molecule has 112 valence electrons. The van der Waals surface area contributed by atoms with Gasteiger partial charge in [0.25, 0.3) is 5.91 Å². The van der Waals surface area contributed by atoms with Gasteiger partial charge in [-0.05, 0) is 18.7 Å². The molecule has 0 aromatic heterocycles. The maximum atomic E-state index is 11.8. The topological polar surface area (TPSA) is 93.5 Å². The molecule has 2 N–H and O–H groups in total. The first-order chi connectivity index (χ1) is 9.10. The van der Waals surface area contributed by atoms with Gasteiger partial charge in [-0.2, -0.15) is 0 Å². The first-order valence-corrected chi connectivity index (χ1v) is 5.91. The Hall–Kier alpha value is -1.86. The number of amides is 1. The van der Waals surface area contributed by atoms with E-state index in [4.69, 9.17) is 4.74 Å². The molecule has 0 saturated carbocycles. The van der Waals surface area contributed by atoms with Crippen LogP contribution in [0.25, 0.3) is 0 Å². The van der Waals surface area contributed by atoms with Gasteiger partial charge in [0.1, 0.15) is 0 Å². The largest absolute Gasteiger partial charge is 0.490 e. The van der Waals surface area contributed by atoms with Gasteiger partial charge < -0.3 is 15.4 Å². The Labute approximate surface area is 123 Å². The number of likely N-dealkylation sites (N-methyl/N-ethyl adjacent to an activating group) is 1. The summed E-state index contributed by atoms with van der Waals surface area (Å²) >= 11 is 0. The Morgan fingerprint density at radius 2 is 2.10 bits per heavy atom. The number of nitrogens with zero attached hydrogens (tertiary/aromatic N) is 1. The number of hydrogen-bond acceptors (Lipinski definition) is 5. The number of carbonyl (C=O) groups is 1. The summed E-state index contributed by atoms with van der Waals surface area (Å²) in [6.45, 7) is 3.91. The zero-order valence-corrected chi connectivity index (χ0v) is 12.2. The van der Waals surface area contributed by atoms with Crippen LogP contribution in [0.1, 0.15) is 17.3 Å². The Bertz CT molecular complexity index is 468. The molecule has 0 aliphatic carbocycles. The van der Waals surface area contributed by atoms with Gasteiger partial charge in [-0.1, -0.05) is 6.92 Å². The van der Waals surface area contributed by atoms with E-state index in [0.29, 0.717) is 13.1 Å². The van der Waals surface area contributed by atoms with Gasteiger partial charge in [0.05, 0.1) is 12.0 Å². The zero-order chi connectivity index (χ0) is 14.3. The summed E-state index contributed by atoms with van der Waals surface area (Å²) < 4.78 is 4.87. The predicted octanol–water partition coefficient (Wildman–Crippen LogP) is 1.36. The quantitative estimate of drug-likeness (QED) is 0.451. The minimum absolute atomic E-state index is 0. The van der Waals surface area contributed by atoms with Crippen molar-refractivity contribution in [1.82, 2.24) is 10.6 Å². The van der Waals surface area contributed by atoms with Gasteiger partial charge in [0.15, 0.2) is 5.75 Å². The Morgan fingerprint density at radius 3 is 2.65 bits per heavy atom. The first-order valence-electron chi connectivity index (χ1n) is 5.91. The van der Waals surface area contributed by atoms with Gasteiger partial charge in [-0.3, -0.25) is 14.9 Å². The fourth-order valence-electron chi connectivity index (χ4n) is 1.52. The number of hydrogen-bond donors (Lipinski definition) is 2. The summed E-state index contributed by atoms with van der Waals surface area (Å²) in [4.78, 5) is 22.0. The number of nitro benzene ring substituents is 1. The van der Waals surface area contributed by atoms with E-state index >= 15 is 0 Å².